The molecular weight excluding hydrogens is 306 g/mol. The fourth-order valence-corrected chi connectivity index (χ4v) is 3.34. The van der Waals surface area contributed by atoms with Crippen LogP contribution in [0, 0.1) is 0 Å². The lowest BCUT2D eigenvalue weighted by Crippen LogP contribution is -2.09. The Labute approximate surface area is 137 Å². The Morgan fingerprint density at radius 3 is 2.00 bits per heavy atom. The Bertz CT molecular complexity index is 898. The highest BCUT2D eigenvalue weighted by Gasteiger charge is 2.18. The van der Waals surface area contributed by atoms with Crippen molar-refractivity contribution in [2.75, 3.05) is 10.6 Å². The van der Waals surface area contributed by atoms with E-state index in [1.807, 2.05) is 60.7 Å². The molecule has 0 bridgehead atoms. The molecule has 0 aliphatic rings. The monoisotopic (exact) mass is 319 g/mol. The van der Waals surface area contributed by atoms with E-state index in [1.165, 1.54) is 17.7 Å². The zero-order valence-electron chi connectivity index (χ0n) is 12.1. The van der Waals surface area contributed by atoms with Crippen LogP contribution in [0.25, 0.3) is 10.3 Å². The molecular formula is C17H13N5S. The molecule has 0 aliphatic carbocycles. The first-order valence-corrected chi connectivity index (χ1v) is 7.92. The first kappa shape index (κ1) is 13.7. The van der Waals surface area contributed by atoms with Crippen LogP contribution in [-0.2, 0) is 0 Å². The molecule has 2 aromatic carbocycles. The number of thiazole rings is 1. The molecule has 0 amide bonds. The maximum absolute atomic E-state index is 5.92. The van der Waals surface area contributed by atoms with Crippen LogP contribution in [0.1, 0.15) is 0 Å². The second-order valence-corrected chi connectivity index (χ2v) is 5.87. The number of fused-ring (bicyclic) bond motifs is 1. The molecule has 0 radical (unpaired) electrons. The molecule has 0 saturated heterocycles. The highest BCUT2D eigenvalue weighted by atomic mass is 32.1. The number of nitrogens with zero attached hydrogens (tertiary/aromatic N) is 4. The van der Waals surface area contributed by atoms with E-state index < -0.39 is 0 Å². The quantitative estimate of drug-likeness (QED) is 0.614. The summed E-state index contributed by atoms with van der Waals surface area (Å²) in [5.74, 6) is 0.401. The number of nitrogens with two attached hydrogens (primary N) is 1. The summed E-state index contributed by atoms with van der Waals surface area (Å²) < 4.78 is 0. The SMILES string of the molecule is Nc1ncnc2sc(N(c3ccccc3)c3ccccc3)nc12. The maximum atomic E-state index is 5.92. The number of anilines is 4. The molecule has 0 spiro atoms. The van der Waals surface area contributed by atoms with Crippen LogP contribution in [0.3, 0.4) is 0 Å². The highest BCUT2D eigenvalue weighted by Crippen LogP contribution is 2.38. The molecule has 2 N–H and O–H groups in total. The third-order valence-electron chi connectivity index (χ3n) is 3.43. The van der Waals surface area contributed by atoms with E-state index in [-0.39, 0.29) is 0 Å². The van der Waals surface area contributed by atoms with Crippen LogP contribution in [0.2, 0.25) is 0 Å². The van der Waals surface area contributed by atoms with Gasteiger partial charge in [0, 0.05) is 11.4 Å². The van der Waals surface area contributed by atoms with Gasteiger partial charge in [0.05, 0.1) is 0 Å². The van der Waals surface area contributed by atoms with Crippen molar-refractivity contribution in [3.8, 4) is 0 Å². The van der Waals surface area contributed by atoms with Gasteiger partial charge in [-0.05, 0) is 24.3 Å². The lowest BCUT2D eigenvalue weighted by molar-refractivity contribution is 1.21. The molecule has 4 rings (SSSR count). The van der Waals surface area contributed by atoms with Gasteiger partial charge in [-0.25, -0.2) is 15.0 Å². The van der Waals surface area contributed by atoms with Gasteiger partial charge < -0.3 is 5.73 Å². The summed E-state index contributed by atoms with van der Waals surface area (Å²) in [7, 11) is 0. The summed E-state index contributed by atoms with van der Waals surface area (Å²) in [6, 6.07) is 20.2. The Morgan fingerprint density at radius 2 is 1.43 bits per heavy atom. The fourth-order valence-electron chi connectivity index (χ4n) is 2.38. The molecule has 6 heteroatoms. The first-order chi connectivity index (χ1) is 11.3. The van der Waals surface area contributed by atoms with E-state index in [1.54, 1.807) is 0 Å². The summed E-state index contributed by atoms with van der Waals surface area (Å²) in [6.45, 7) is 0. The minimum absolute atomic E-state index is 0.401. The van der Waals surface area contributed by atoms with Gasteiger partial charge in [-0.2, -0.15) is 0 Å². The summed E-state index contributed by atoms with van der Waals surface area (Å²) in [5.41, 5.74) is 8.63. The minimum atomic E-state index is 0.401. The van der Waals surface area contributed by atoms with Crippen molar-refractivity contribution >= 4 is 44.0 Å². The van der Waals surface area contributed by atoms with E-state index in [9.17, 15) is 0 Å². The fraction of sp³-hybridized carbons (Fsp3) is 0. The normalized spacial score (nSPS) is 10.8. The Kier molecular flexibility index (Phi) is 3.36. The lowest BCUT2D eigenvalue weighted by atomic mass is 10.2. The molecule has 112 valence electrons. The molecule has 4 aromatic rings. The van der Waals surface area contributed by atoms with E-state index in [2.05, 4.69) is 19.9 Å². The standard InChI is InChI=1S/C17H13N5S/c18-15-14-16(20-11-19-15)23-17(21-14)22(12-7-3-1-4-8-12)13-9-5-2-6-10-13/h1-11H,(H2,18,19,20). The van der Waals surface area contributed by atoms with Crippen molar-refractivity contribution in [1.29, 1.82) is 0 Å². The second-order valence-electron chi connectivity index (χ2n) is 4.92. The summed E-state index contributed by atoms with van der Waals surface area (Å²) in [4.78, 5) is 15.8. The van der Waals surface area contributed by atoms with Gasteiger partial charge in [0.15, 0.2) is 15.8 Å². The van der Waals surface area contributed by atoms with Gasteiger partial charge in [0.25, 0.3) is 0 Å². The number of benzene rings is 2. The largest absolute Gasteiger partial charge is 0.382 e. The van der Waals surface area contributed by atoms with Crippen LogP contribution < -0.4 is 10.6 Å². The zero-order valence-corrected chi connectivity index (χ0v) is 12.9. The van der Waals surface area contributed by atoms with Gasteiger partial charge in [-0.3, -0.25) is 4.90 Å². The molecule has 0 atom stereocenters. The highest BCUT2D eigenvalue weighted by molar-refractivity contribution is 7.22. The predicted molar refractivity (Wildman–Crippen MR) is 94.3 cm³/mol. The molecule has 23 heavy (non-hydrogen) atoms. The molecule has 0 fully saturated rings. The van der Waals surface area contributed by atoms with E-state index >= 15 is 0 Å². The molecule has 5 nitrogen and oxygen atoms in total. The Morgan fingerprint density at radius 1 is 0.826 bits per heavy atom. The van der Waals surface area contributed by atoms with E-state index in [0.29, 0.717) is 11.3 Å². The Hall–Kier alpha value is -2.99. The summed E-state index contributed by atoms with van der Waals surface area (Å²) in [6.07, 6.45) is 1.47. The molecule has 0 saturated carbocycles. The van der Waals surface area contributed by atoms with Crippen LogP contribution >= 0.6 is 11.3 Å². The maximum Gasteiger partial charge on any atom is 0.197 e. The van der Waals surface area contributed by atoms with E-state index in [4.69, 9.17) is 5.73 Å². The minimum Gasteiger partial charge on any atom is -0.382 e. The van der Waals surface area contributed by atoms with Crippen LogP contribution in [0.4, 0.5) is 22.3 Å². The van der Waals surface area contributed by atoms with Crippen LogP contribution in [-0.4, -0.2) is 15.0 Å². The molecule has 0 unspecified atom stereocenters. The first-order valence-electron chi connectivity index (χ1n) is 7.10. The van der Waals surface area contributed by atoms with E-state index in [0.717, 1.165) is 21.3 Å². The average molecular weight is 319 g/mol. The topological polar surface area (TPSA) is 67.9 Å². The van der Waals surface area contributed by atoms with Gasteiger partial charge in [0.1, 0.15) is 11.8 Å². The number of rotatable bonds is 3. The predicted octanol–water partition coefficient (Wildman–Crippen LogP) is 4.14. The summed E-state index contributed by atoms with van der Waals surface area (Å²) >= 11 is 1.49. The van der Waals surface area contributed by atoms with Gasteiger partial charge >= 0.3 is 0 Å². The van der Waals surface area contributed by atoms with Crippen LogP contribution in [0.5, 0.6) is 0 Å². The molecule has 0 aliphatic heterocycles. The average Bonchev–Trinajstić information content (AvgIpc) is 3.02. The van der Waals surface area contributed by atoms with Crippen molar-refractivity contribution < 1.29 is 0 Å². The summed E-state index contributed by atoms with van der Waals surface area (Å²) in [5, 5.41) is 0.810. The number of aromatic nitrogens is 3. The van der Waals surface area contributed by atoms with Crippen molar-refractivity contribution in [3.63, 3.8) is 0 Å². The Balaban J connectivity index is 1.92. The van der Waals surface area contributed by atoms with Gasteiger partial charge in [-0.15, -0.1) is 0 Å². The van der Waals surface area contributed by atoms with Crippen molar-refractivity contribution in [2.24, 2.45) is 0 Å². The lowest BCUT2D eigenvalue weighted by Gasteiger charge is -2.21. The smallest absolute Gasteiger partial charge is 0.197 e. The van der Waals surface area contributed by atoms with Gasteiger partial charge in [-0.1, -0.05) is 47.7 Å². The second kappa shape index (κ2) is 5.66. The third kappa shape index (κ3) is 2.49. The van der Waals surface area contributed by atoms with Gasteiger partial charge in [0.2, 0.25) is 0 Å². The number of hydrogen-bond acceptors (Lipinski definition) is 6. The van der Waals surface area contributed by atoms with Crippen LogP contribution in [0.15, 0.2) is 67.0 Å². The van der Waals surface area contributed by atoms with Crippen molar-refractivity contribution in [2.45, 2.75) is 0 Å². The molecule has 2 heterocycles. The molecule has 2 aromatic heterocycles. The van der Waals surface area contributed by atoms with Crippen molar-refractivity contribution in [3.05, 3.63) is 67.0 Å². The van der Waals surface area contributed by atoms with Crippen molar-refractivity contribution in [1.82, 2.24) is 15.0 Å². The number of para-hydroxylation sites is 2. The third-order valence-corrected chi connectivity index (χ3v) is 4.38. The number of hydrogen-bond donors (Lipinski definition) is 1. The zero-order chi connectivity index (χ0) is 15.6. The number of nitrogen functional groups attached to an aromatic ring is 1.